The van der Waals surface area contributed by atoms with Crippen molar-refractivity contribution in [3.05, 3.63) is 46.9 Å². The van der Waals surface area contributed by atoms with Crippen molar-refractivity contribution >= 4 is 33.3 Å². The molecule has 3 rings (SSSR count). The molecule has 0 saturated carbocycles. The average Bonchev–Trinajstić information content (AvgIpc) is 2.88. The van der Waals surface area contributed by atoms with Crippen molar-refractivity contribution < 1.29 is 9.90 Å². The number of rotatable bonds is 4. The minimum Gasteiger partial charge on any atom is -0.478 e. The number of pyridine rings is 1. The summed E-state index contributed by atoms with van der Waals surface area (Å²) in [6.45, 7) is 2.41. The maximum atomic E-state index is 10.9. The third-order valence-corrected chi connectivity index (χ3v) is 4.13. The average molecular weight is 300 g/mol. The highest BCUT2D eigenvalue weighted by Gasteiger charge is 2.09. The number of hydrogen-bond acceptors (Lipinski definition) is 6. The van der Waals surface area contributed by atoms with Crippen LogP contribution in [0.3, 0.4) is 0 Å². The highest BCUT2D eigenvalue weighted by Crippen LogP contribution is 2.28. The Hall–Kier alpha value is -2.54. The first-order valence-corrected chi connectivity index (χ1v) is 7.14. The molecule has 0 saturated heterocycles. The Labute approximate surface area is 124 Å². The number of fused-ring (bicyclic) bond motifs is 1. The second-order valence-corrected chi connectivity index (χ2v) is 5.39. The predicted octanol–water partition coefficient (Wildman–Crippen LogP) is 2.71. The molecule has 0 aliphatic carbocycles. The minimum absolute atomic E-state index is 0.224. The monoisotopic (exact) mass is 300 g/mol. The predicted molar refractivity (Wildman–Crippen MR) is 80.7 cm³/mol. The van der Waals surface area contributed by atoms with E-state index >= 15 is 0 Å². The number of aromatic carboxylic acids is 1. The molecule has 2 N–H and O–H groups in total. The molecular weight excluding hydrogens is 288 g/mol. The van der Waals surface area contributed by atoms with Gasteiger partial charge in [-0.1, -0.05) is 0 Å². The van der Waals surface area contributed by atoms with Crippen LogP contribution in [-0.4, -0.2) is 26.0 Å². The molecule has 0 unspecified atom stereocenters. The van der Waals surface area contributed by atoms with Gasteiger partial charge in [0.1, 0.15) is 12.1 Å². The molecule has 3 heterocycles. The second-order valence-electron chi connectivity index (χ2n) is 4.51. The van der Waals surface area contributed by atoms with E-state index in [9.17, 15) is 4.79 Å². The summed E-state index contributed by atoms with van der Waals surface area (Å²) in [4.78, 5) is 23.6. The van der Waals surface area contributed by atoms with Gasteiger partial charge in [-0.15, -0.1) is 11.3 Å². The number of aromatic nitrogens is 3. The van der Waals surface area contributed by atoms with Gasteiger partial charge in [0.2, 0.25) is 0 Å². The molecule has 6 nitrogen and oxygen atoms in total. The Morgan fingerprint density at radius 2 is 2.24 bits per heavy atom. The number of hydrogen-bond donors (Lipinski definition) is 2. The first-order chi connectivity index (χ1) is 10.1. The smallest absolute Gasteiger partial charge is 0.335 e. The lowest BCUT2D eigenvalue weighted by Gasteiger charge is -2.06. The van der Waals surface area contributed by atoms with Crippen LogP contribution >= 0.6 is 11.3 Å². The lowest BCUT2D eigenvalue weighted by Crippen LogP contribution is -2.05. The molecule has 0 fully saturated rings. The van der Waals surface area contributed by atoms with E-state index in [1.54, 1.807) is 17.4 Å². The molecular formula is C14H12N4O2S. The van der Waals surface area contributed by atoms with E-state index in [4.69, 9.17) is 5.11 Å². The summed E-state index contributed by atoms with van der Waals surface area (Å²) in [7, 11) is 0. The van der Waals surface area contributed by atoms with E-state index in [-0.39, 0.29) is 5.56 Å². The summed E-state index contributed by atoms with van der Waals surface area (Å²) in [5, 5.41) is 14.2. The molecule has 0 atom stereocenters. The van der Waals surface area contributed by atoms with Gasteiger partial charge in [0.25, 0.3) is 0 Å². The lowest BCUT2D eigenvalue weighted by atomic mass is 10.2. The van der Waals surface area contributed by atoms with Crippen LogP contribution < -0.4 is 5.32 Å². The summed E-state index contributed by atoms with van der Waals surface area (Å²) in [6.07, 6.45) is 3.01. The minimum atomic E-state index is -0.961. The van der Waals surface area contributed by atoms with Crippen molar-refractivity contribution in [3.8, 4) is 0 Å². The van der Waals surface area contributed by atoms with Gasteiger partial charge in [0.05, 0.1) is 28.0 Å². The van der Waals surface area contributed by atoms with Crippen molar-refractivity contribution in [2.75, 3.05) is 5.32 Å². The lowest BCUT2D eigenvalue weighted by molar-refractivity contribution is 0.0696. The fourth-order valence-electron chi connectivity index (χ4n) is 1.98. The number of thiophene rings is 1. The van der Waals surface area contributed by atoms with Crippen LogP contribution in [0.5, 0.6) is 0 Å². The summed E-state index contributed by atoms with van der Waals surface area (Å²) < 4.78 is 0.990. The summed E-state index contributed by atoms with van der Waals surface area (Å²) in [5.74, 6) is -0.224. The SMILES string of the molecule is Cc1csc2c(NCc3cc(C(=O)O)ccn3)ncnc12. The zero-order chi connectivity index (χ0) is 14.8. The third-order valence-electron chi connectivity index (χ3n) is 3.03. The molecule has 106 valence electrons. The zero-order valence-electron chi connectivity index (χ0n) is 11.2. The second kappa shape index (κ2) is 5.45. The van der Waals surface area contributed by atoms with Crippen LogP contribution in [-0.2, 0) is 6.54 Å². The fraction of sp³-hybridized carbons (Fsp3) is 0.143. The Morgan fingerprint density at radius 1 is 1.38 bits per heavy atom. The molecule has 0 aromatic carbocycles. The van der Waals surface area contributed by atoms with E-state index in [1.807, 2.05) is 12.3 Å². The van der Waals surface area contributed by atoms with E-state index in [0.717, 1.165) is 21.6 Å². The summed E-state index contributed by atoms with van der Waals surface area (Å²) >= 11 is 1.58. The molecule has 0 bridgehead atoms. The van der Waals surface area contributed by atoms with Crippen LogP contribution in [0, 0.1) is 6.92 Å². The fourth-order valence-corrected chi connectivity index (χ4v) is 2.95. The van der Waals surface area contributed by atoms with Gasteiger partial charge >= 0.3 is 5.97 Å². The Balaban J connectivity index is 1.83. The zero-order valence-corrected chi connectivity index (χ0v) is 12.0. The van der Waals surface area contributed by atoms with Crippen molar-refractivity contribution in [2.24, 2.45) is 0 Å². The number of nitrogens with one attached hydrogen (secondary N) is 1. The Bertz CT molecular complexity index is 816. The number of carboxylic acids is 1. The first-order valence-electron chi connectivity index (χ1n) is 6.26. The number of carboxylic acid groups (broad SMARTS) is 1. The normalized spacial score (nSPS) is 10.7. The molecule has 21 heavy (non-hydrogen) atoms. The number of anilines is 1. The van der Waals surface area contributed by atoms with Crippen LogP contribution in [0.15, 0.2) is 30.0 Å². The number of nitrogens with zero attached hydrogens (tertiary/aromatic N) is 3. The van der Waals surface area contributed by atoms with E-state index in [2.05, 4.69) is 20.3 Å². The van der Waals surface area contributed by atoms with Gasteiger partial charge in [-0.25, -0.2) is 14.8 Å². The molecule has 0 aliphatic heterocycles. The Kier molecular flexibility index (Phi) is 3.49. The van der Waals surface area contributed by atoms with Gasteiger partial charge in [0.15, 0.2) is 0 Å². The Morgan fingerprint density at radius 3 is 3.05 bits per heavy atom. The van der Waals surface area contributed by atoms with Crippen LogP contribution in [0.25, 0.3) is 10.2 Å². The van der Waals surface area contributed by atoms with E-state index < -0.39 is 5.97 Å². The highest BCUT2D eigenvalue weighted by molar-refractivity contribution is 7.18. The van der Waals surface area contributed by atoms with Crippen molar-refractivity contribution in [1.29, 1.82) is 0 Å². The van der Waals surface area contributed by atoms with Crippen molar-refractivity contribution in [3.63, 3.8) is 0 Å². The molecule has 0 spiro atoms. The molecule has 0 aliphatic rings. The topological polar surface area (TPSA) is 88.0 Å². The van der Waals surface area contributed by atoms with Gasteiger partial charge in [-0.2, -0.15) is 0 Å². The molecule has 3 aromatic rings. The van der Waals surface area contributed by atoms with Crippen molar-refractivity contribution in [2.45, 2.75) is 13.5 Å². The van der Waals surface area contributed by atoms with Gasteiger partial charge in [-0.3, -0.25) is 4.98 Å². The van der Waals surface area contributed by atoms with Crippen LogP contribution in [0.1, 0.15) is 21.6 Å². The maximum Gasteiger partial charge on any atom is 0.335 e. The quantitative estimate of drug-likeness (QED) is 0.770. The van der Waals surface area contributed by atoms with E-state index in [0.29, 0.717) is 12.2 Å². The number of carbonyl (C=O) groups is 1. The molecule has 0 amide bonds. The molecule has 3 aromatic heterocycles. The van der Waals surface area contributed by atoms with Gasteiger partial charge in [0, 0.05) is 6.20 Å². The first kappa shape index (κ1) is 13.4. The summed E-state index contributed by atoms with van der Waals surface area (Å²) in [6, 6.07) is 3.02. The van der Waals surface area contributed by atoms with Crippen LogP contribution in [0.2, 0.25) is 0 Å². The number of aryl methyl sites for hydroxylation is 1. The van der Waals surface area contributed by atoms with Gasteiger partial charge in [-0.05, 0) is 30.0 Å². The highest BCUT2D eigenvalue weighted by atomic mass is 32.1. The maximum absolute atomic E-state index is 10.9. The standard InChI is InChI=1S/C14H12N4O2S/c1-8-6-21-12-11(8)17-7-18-13(12)16-5-10-4-9(14(19)20)2-3-15-10/h2-4,6-7H,5H2,1H3,(H,19,20)(H,16,17,18). The van der Waals surface area contributed by atoms with Gasteiger partial charge < -0.3 is 10.4 Å². The molecule has 0 radical (unpaired) electrons. The van der Waals surface area contributed by atoms with Crippen LogP contribution in [0.4, 0.5) is 5.82 Å². The third kappa shape index (κ3) is 2.68. The largest absolute Gasteiger partial charge is 0.478 e. The summed E-state index contributed by atoms with van der Waals surface area (Å²) in [5.41, 5.74) is 2.92. The van der Waals surface area contributed by atoms with E-state index in [1.165, 1.54) is 18.6 Å². The van der Waals surface area contributed by atoms with Crippen molar-refractivity contribution in [1.82, 2.24) is 15.0 Å². The molecule has 7 heteroatoms.